The molecule has 8 heteroatoms. The molecule has 0 aromatic carbocycles. The molecule has 0 unspecified atom stereocenters. The maximum absolute atomic E-state index is 11.8. The van der Waals surface area contributed by atoms with Crippen LogP contribution in [0.3, 0.4) is 0 Å². The van der Waals surface area contributed by atoms with Gasteiger partial charge in [-0.15, -0.1) is 0 Å². The molecule has 0 radical (unpaired) electrons. The van der Waals surface area contributed by atoms with E-state index >= 15 is 0 Å². The van der Waals surface area contributed by atoms with E-state index in [2.05, 4.69) is 9.88 Å². The van der Waals surface area contributed by atoms with Crippen molar-refractivity contribution in [1.82, 2.24) is 9.88 Å². The van der Waals surface area contributed by atoms with Gasteiger partial charge in [0, 0.05) is 24.9 Å². The Morgan fingerprint density at radius 1 is 1.15 bits per heavy atom. The smallest absolute Gasteiger partial charge is 0.339 e. The first-order chi connectivity index (χ1) is 12.9. The average Bonchev–Trinajstić information content (AvgIpc) is 2.65. The first-order valence-electron chi connectivity index (χ1n) is 8.85. The van der Waals surface area contributed by atoms with Crippen LogP contribution in [-0.4, -0.2) is 64.2 Å². The van der Waals surface area contributed by atoms with Gasteiger partial charge in [-0.05, 0) is 51.4 Å². The standard InChI is InChI=1S/C15H22N2O2.C4H4O4/c1-13-14(7-5-8-16-13)15(18)19-12-6-11-17-9-3-2-4-10-17;5-3(6)1-2-4(7)8/h5,7-8H,2-4,6,9-12H2,1H3;1-2H,(H,5,6)(H,7,8)/b;2-1-. The third-order valence-corrected chi connectivity index (χ3v) is 3.90. The number of rotatable bonds is 7. The fourth-order valence-electron chi connectivity index (χ4n) is 2.56. The van der Waals surface area contributed by atoms with Gasteiger partial charge in [-0.2, -0.15) is 0 Å². The summed E-state index contributed by atoms with van der Waals surface area (Å²) < 4.78 is 5.29. The van der Waals surface area contributed by atoms with E-state index in [9.17, 15) is 14.4 Å². The van der Waals surface area contributed by atoms with Crippen molar-refractivity contribution in [2.45, 2.75) is 32.6 Å². The number of ether oxygens (including phenoxy) is 1. The molecule has 2 rings (SSSR count). The summed E-state index contributed by atoms with van der Waals surface area (Å²) in [6, 6.07) is 3.52. The van der Waals surface area contributed by atoms with Crippen molar-refractivity contribution in [3.63, 3.8) is 0 Å². The largest absolute Gasteiger partial charge is 0.478 e. The molecule has 0 spiro atoms. The third kappa shape index (κ3) is 10.1. The third-order valence-electron chi connectivity index (χ3n) is 3.90. The van der Waals surface area contributed by atoms with Crippen molar-refractivity contribution < 1.29 is 29.3 Å². The van der Waals surface area contributed by atoms with Crippen molar-refractivity contribution >= 4 is 17.9 Å². The van der Waals surface area contributed by atoms with E-state index in [0.29, 0.717) is 24.3 Å². The Labute approximate surface area is 158 Å². The van der Waals surface area contributed by atoms with Crippen LogP contribution < -0.4 is 0 Å². The maximum atomic E-state index is 11.8. The van der Waals surface area contributed by atoms with Gasteiger partial charge in [-0.25, -0.2) is 14.4 Å². The summed E-state index contributed by atoms with van der Waals surface area (Å²) in [6.45, 7) is 5.72. The summed E-state index contributed by atoms with van der Waals surface area (Å²) in [5.74, 6) is -2.77. The van der Waals surface area contributed by atoms with Gasteiger partial charge in [-0.1, -0.05) is 6.42 Å². The van der Waals surface area contributed by atoms with Crippen molar-refractivity contribution in [1.29, 1.82) is 0 Å². The molecule has 0 bridgehead atoms. The normalized spacial score (nSPS) is 14.3. The van der Waals surface area contributed by atoms with E-state index in [0.717, 1.165) is 18.7 Å². The number of carboxylic acid groups (broad SMARTS) is 2. The van der Waals surface area contributed by atoms with Crippen LogP contribution in [0.2, 0.25) is 0 Å². The van der Waals surface area contributed by atoms with E-state index in [1.54, 1.807) is 18.3 Å². The van der Waals surface area contributed by atoms with Crippen LogP contribution in [0.5, 0.6) is 0 Å². The zero-order chi connectivity index (χ0) is 20.1. The second-order valence-electron chi connectivity index (χ2n) is 6.04. The number of esters is 1. The molecule has 1 aromatic rings. The molecule has 2 N–H and O–H groups in total. The Morgan fingerprint density at radius 3 is 2.33 bits per heavy atom. The van der Waals surface area contributed by atoms with Crippen molar-refractivity contribution in [2.24, 2.45) is 0 Å². The number of aromatic nitrogens is 1. The lowest BCUT2D eigenvalue weighted by atomic mass is 10.1. The highest BCUT2D eigenvalue weighted by Crippen LogP contribution is 2.09. The van der Waals surface area contributed by atoms with Crippen LogP contribution in [0.25, 0.3) is 0 Å². The Morgan fingerprint density at radius 2 is 1.78 bits per heavy atom. The van der Waals surface area contributed by atoms with Crippen molar-refractivity contribution in [3.8, 4) is 0 Å². The number of pyridine rings is 1. The van der Waals surface area contributed by atoms with Gasteiger partial charge in [-0.3, -0.25) is 4.98 Å². The molecule has 8 nitrogen and oxygen atoms in total. The fourth-order valence-corrected chi connectivity index (χ4v) is 2.56. The molecule has 1 fully saturated rings. The first kappa shape index (κ1) is 22.3. The van der Waals surface area contributed by atoms with Gasteiger partial charge in [0.05, 0.1) is 17.9 Å². The number of piperidine rings is 1. The van der Waals surface area contributed by atoms with Crippen molar-refractivity contribution in [2.75, 3.05) is 26.2 Å². The highest BCUT2D eigenvalue weighted by Gasteiger charge is 2.12. The number of hydrogen-bond donors (Lipinski definition) is 2. The number of likely N-dealkylation sites (tertiary alicyclic amines) is 1. The Bertz CT molecular complexity index is 637. The zero-order valence-corrected chi connectivity index (χ0v) is 15.5. The van der Waals surface area contributed by atoms with E-state index in [-0.39, 0.29) is 5.97 Å². The lowest BCUT2D eigenvalue weighted by Crippen LogP contribution is -2.31. The Hall–Kier alpha value is -2.74. The van der Waals surface area contributed by atoms with Crippen LogP contribution in [0.4, 0.5) is 0 Å². The second-order valence-corrected chi connectivity index (χ2v) is 6.04. The van der Waals surface area contributed by atoms with E-state index in [1.807, 2.05) is 6.92 Å². The molecule has 0 atom stereocenters. The summed E-state index contributed by atoms with van der Waals surface area (Å²) >= 11 is 0. The van der Waals surface area contributed by atoms with Gasteiger partial charge in [0.1, 0.15) is 0 Å². The van der Waals surface area contributed by atoms with Crippen LogP contribution in [0, 0.1) is 6.92 Å². The molecule has 2 heterocycles. The lowest BCUT2D eigenvalue weighted by molar-refractivity contribution is -0.134. The molecular formula is C19H26N2O6. The second kappa shape index (κ2) is 12.6. The van der Waals surface area contributed by atoms with E-state index in [1.165, 1.54) is 32.4 Å². The minimum absolute atomic E-state index is 0.260. The predicted octanol–water partition coefficient (Wildman–Crippen LogP) is 2.13. The van der Waals surface area contributed by atoms with Crippen LogP contribution in [-0.2, 0) is 14.3 Å². The van der Waals surface area contributed by atoms with Gasteiger partial charge in [0.25, 0.3) is 0 Å². The average molecular weight is 378 g/mol. The number of hydrogen-bond acceptors (Lipinski definition) is 6. The minimum atomic E-state index is -1.26. The Kier molecular flexibility index (Phi) is 10.4. The van der Waals surface area contributed by atoms with Crippen molar-refractivity contribution in [3.05, 3.63) is 41.7 Å². The molecule has 0 amide bonds. The summed E-state index contributed by atoms with van der Waals surface area (Å²) in [4.78, 5) is 37.5. The highest BCUT2D eigenvalue weighted by molar-refractivity contribution is 5.90. The van der Waals surface area contributed by atoms with Crippen LogP contribution in [0.1, 0.15) is 41.7 Å². The molecular weight excluding hydrogens is 352 g/mol. The maximum Gasteiger partial charge on any atom is 0.339 e. The lowest BCUT2D eigenvalue weighted by Gasteiger charge is -2.26. The SMILES string of the molecule is Cc1ncccc1C(=O)OCCCN1CCCCC1.O=C(O)/C=C\C(=O)O. The summed E-state index contributed by atoms with van der Waals surface area (Å²) in [5, 5.41) is 15.6. The number of carboxylic acids is 2. The van der Waals surface area contributed by atoms with Gasteiger partial charge >= 0.3 is 17.9 Å². The molecule has 1 aromatic heterocycles. The summed E-state index contributed by atoms with van der Waals surface area (Å²) in [6.07, 6.45) is 7.66. The molecule has 0 aliphatic carbocycles. The van der Waals surface area contributed by atoms with Gasteiger partial charge in [0.15, 0.2) is 0 Å². The van der Waals surface area contributed by atoms with Gasteiger partial charge < -0.3 is 19.8 Å². The van der Waals surface area contributed by atoms with Crippen LogP contribution >= 0.6 is 0 Å². The van der Waals surface area contributed by atoms with Crippen LogP contribution in [0.15, 0.2) is 30.5 Å². The number of carbonyl (C=O) groups is 3. The van der Waals surface area contributed by atoms with Gasteiger partial charge in [0.2, 0.25) is 0 Å². The molecule has 1 aliphatic rings. The number of nitrogens with zero attached hydrogens (tertiary/aromatic N) is 2. The monoisotopic (exact) mass is 378 g/mol. The molecule has 1 aliphatic heterocycles. The topological polar surface area (TPSA) is 117 Å². The number of aliphatic carboxylic acids is 2. The number of aryl methyl sites for hydroxylation is 1. The highest BCUT2D eigenvalue weighted by atomic mass is 16.5. The first-order valence-corrected chi connectivity index (χ1v) is 8.85. The number of carbonyl (C=O) groups excluding carboxylic acids is 1. The molecule has 148 valence electrons. The quantitative estimate of drug-likeness (QED) is 0.421. The fraction of sp³-hybridized carbons (Fsp3) is 0.474. The summed E-state index contributed by atoms with van der Waals surface area (Å²) in [5.41, 5.74) is 1.30. The Balaban J connectivity index is 0.000000387. The van der Waals surface area contributed by atoms with E-state index < -0.39 is 11.9 Å². The zero-order valence-electron chi connectivity index (χ0n) is 15.5. The minimum Gasteiger partial charge on any atom is -0.478 e. The summed E-state index contributed by atoms with van der Waals surface area (Å²) in [7, 11) is 0. The molecule has 1 saturated heterocycles. The molecule has 0 saturated carbocycles. The predicted molar refractivity (Wildman–Crippen MR) is 98.6 cm³/mol. The van der Waals surface area contributed by atoms with E-state index in [4.69, 9.17) is 14.9 Å². The molecule has 27 heavy (non-hydrogen) atoms.